The standard InChI is InChI=1S/C17H19N5.C4H4O4.3ClH/c1-2-6-15-14(5-1)19-16(20-15)13-21-9-11-22(12-10-21)17-7-3-4-8-18-17;5-3(6)1-2-4(7)8;;;/h1-8H,9-13H2,(H,19,20);1-2H,(H,5,6)(H,7,8);3*1H/b;2-1+;;;. The first-order chi connectivity index (χ1) is 14.5. The summed E-state index contributed by atoms with van der Waals surface area (Å²) in [6.07, 6.45) is 2.97. The molecule has 0 radical (unpaired) electrons. The SMILES string of the molecule is Cl.Cl.Cl.O=C(O)/C=C/C(=O)O.c1ccc(N2CCN(Cc3nc4ccccc4[nH]3)CC2)nc1. The molecule has 0 unspecified atom stereocenters. The number of carboxylic acid groups (broad SMARTS) is 2. The van der Waals surface area contributed by atoms with Gasteiger partial charge in [0.25, 0.3) is 0 Å². The Morgan fingerprint density at radius 3 is 2.06 bits per heavy atom. The number of nitrogens with zero attached hydrogens (tertiary/aromatic N) is 4. The number of piperazine rings is 1. The molecule has 1 aromatic carbocycles. The Labute approximate surface area is 209 Å². The lowest BCUT2D eigenvalue weighted by Gasteiger charge is -2.34. The van der Waals surface area contributed by atoms with Crippen molar-refractivity contribution >= 4 is 66.0 Å². The molecule has 9 nitrogen and oxygen atoms in total. The lowest BCUT2D eigenvalue weighted by atomic mass is 10.3. The van der Waals surface area contributed by atoms with Crippen molar-refractivity contribution in [1.29, 1.82) is 0 Å². The van der Waals surface area contributed by atoms with E-state index in [-0.39, 0.29) is 37.2 Å². The summed E-state index contributed by atoms with van der Waals surface area (Å²) < 4.78 is 0. The Kier molecular flexibility index (Phi) is 13.8. The van der Waals surface area contributed by atoms with Crippen molar-refractivity contribution in [3.05, 3.63) is 66.6 Å². The van der Waals surface area contributed by atoms with E-state index in [9.17, 15) is 9.59 Å². The molecule has 2 aromatic heterocycles. The van der Waals surface area contributed by atoms with Crippen molar-refractivity contribution < 1.29 is 19.8 Å². The van der Waals surface area contributed by atoms with E-state index < -0.39 is 11.9 Å². The molecule has 4 rings (SSSR count). The number of halogens is 3. The number of carbonyl (C=O) groups is 2. The molecule has 0 atom stereocenters. The van der Waals surface area contributed by atoms with Crippen LogP contribution >= 0.6 is 37.2 Å². The summed E-state index contributed by atoms with van der Waals surface area (Å²) in [6, 6.07) is 14.3. The van der Waals surface area contributed by atoms with E-state index in [0.29, 0.717) is 12.2 Å². The molecular weight excluding hydrogens is 493 g/mol. The number of hydrogen-bond donors (Lipinski definition) is 3. The van der Waals surface area contributed by atoms with E-state index in [0.717, 1.165) is 55.4 Å². The second-order valence-corrected chi connectivity index (χ2v) is 6.66. The lowest BCUT2D eigenvalue weighted by molar-refractivity contribution is -0.134. The third kappa shape index (κ3) is 9.67. The molecule has 0 amide bonds. The van der Waals surface area contributed by atoms with Crippen molar-refractivity contribution in [2.24, 2.45) is 0 Å². The second-order valence-electron chi connectivity index (χ2n) is 6.66. The first-order valence-electron chi connectivity index (χ1n) is 9.47. The minimum absolute atomic E-state index is 0. The number of hydrogen-bond acceptors (Lipinski definition) is 6. The minimum Gasteiger partial charge on any atom is -0.478 e. The van der Waals surface area contributed by atoms with Crippen LogP contribution in [-0.2, 0) is 16.1 Å². The number of anilines is 1. The summed E-state index contributed by atoms with van der Waals surface area (Å²) in [5.74, 6) is -0.391. The quantitative estimate of drug-likeness (QED) is 0.440. The number of fused-ring (bicyclic) bond motifs is 1. The van der Waals surface area contributed by atoms with Crippen LogP contribution in [0.1, 0.15) is 5.82 Å². The molecule has 3 heterocycles. The number of aromatic nitrogens is 3. The zero-order chi connectivity index (χ0) is 21.3. The Balaban J connectivity index is 0.000000817. The Morgan fingerprint density at radius 2 is 1.52 bits per heavy atom. The van der Waals surface area contributed by atoms with E-state index in [1.807, 2.05) is 36.5 Å². The van der Waals surface area contributed by atoms with E-state index in [2.05, 4.69) is 36.9 Å². The van der Waals surface area contributed by atoms with Gasteiger partial charge in [-0.25, -0.2) is 19.6 Å². The number of aromatic amines is 1. The molecule has 12 heteroatoms. The van der Waals surface area contributed by atoms with Crippen LogP contribution in [0.3, 0.4) is 0 Å². The second kappa shape index (κ2) is 15.1. The summed E-state index contributed by atoms with van der Waals surface area (Å²) in [4.78, 5) is 36.4. The van der Waals surface area contributed by atoms with Crippen molar-refractivity contribution in [2.75, 3.05) is 31.1 Å². The highest BCUT2D eigenvalue weighted by Gasteiger charge is 2.18. The fraction of sp³-hybridized carbons (Fsp3) is 0.238. The predicted molar refractivity (Wildman–Crippen MR) is 134 cm³/mol. The number of para-hydroxylation sites is 2. The largest absolute Gasteiger partial charge is 0.478 e. The number of pyridine rings is 1. The van der Waals surface area contributed by atoms with Crippen LogP contribution in [0, 0.1) is 0 Å². The lowest BCUT2D eigenvalue weighted by Crippen LogP contribution is -2.46. The molecule has 0 bridgehead atoms. The molecule has 1 aliphatic rings. The van der Waals surface area contributed by atoms with Crippen molar-refractivity contribution in [2.45, 2.75) is 6.54 Å². The van der Waals surface area contributed by atoms with Gasteiger partial charge in [0, 0.05) is 44.5 Å². The molecule has 180 valence electrons. The van der Waals surface area contributed by atoms with Crippen LogP contribution in [0.4, 0.5) is 5.82 Å². The highest BCUT2D eigenvalue weighted by atomic mass is 35.5. The maximum absolute atomic E-state index is 9.55. The molecular formula is C21H26Cl3N5O4. The normalized spacial score (nSPS) is 13.2. The average molecular weight is 519 g/mol. The summed E-state index contributed by atoms with van der Waals surface area (Å²) in [5, 5.41) is 15.6. The van der Waals surface area contributed by atoms with Gasteiger partial charge >= 0.3 is 11.9 Å². The molecule has 0 saturated carbocycles. The molecule has 1 aliphatic heterocycles. The fourth-order valence-corrected chi connectivity index (χ4v) is 3.11. The average Bonchev–Trinajstić information content (AvgIpc) is 3.16. The number of carboxylic acids is 2. The van der Waals surface area contributed by atoms with Crippen molar-refractivity contribution in [3.8, 4) is 0 Å². The van der Waals surface area contributed by atoms with Crippen LogP contribution in [0.25, 0.3) is 11.0 Å². The fourth-order valence-electron chi connectivity index (χ4n) is 3.11. The zero-order valence-corrected chi connectivity index (χ0v) is 20.0. The van der Waals surface area contributed by atoms with Gasteiger partial charge in [0.1, 0.15) is 11.6 Å². The number of aliphatic carboxylic acids is 2. The number of imidazole rings is 1. The first kappa shape index (κ1) is 30.1. The predicted octanol–water partition coefficient (Wildman–Crippen LogP) is 3.26. The van der Waals surface area contributed by atoms with Crippen molar-refractivity contribution in [3.63, 3.8) is 0 Å². The van der Waals surface area contributed by atoms with Gasteiger partial charge in [0.15, 0.2) is 0 Å². The highest BCUT2D eigenvalue weighted by molar-refractivity contribution is 5.89. The topological polar surface area (TPSA) is 123 Å². The van der Waals surface area contributed by atoms with E-state index in [4.69, 9.17) is 10.2 Å². The monoisotopic (exact) mass is 517 g/mol. The third-order valence-electron chi connectivity index (χ3n) is 4.53. The van der Waals surface area contributed by atoms with Crippen molar-refractivity contribution in [1.82, 2.24) is 19.9 Å². The van der Waals surface area contributed by atoms with Gasteiger partial charge < -0.3 is 20.1 Å². The van der Waals surface area contributed by atoms with E-state index >= 15 is 0 Å². The van der Waals surface area contributed by atoms with Crippen LogP contribution in [0.5, 0.6) is 0 Å². The van der Waals surface area contributed by atoms with Gasteiger partial charge in [0.05, 0.1) is 17.6 Å². The Morgan fingerprint density at radius 1 is 0.909 bits per heavy atom. The van der Waals surface area contributed by atoms with Gasteiger partial charge in [-0.05, 0) is 24.3 Å². The van der Waals surface area contributed by atoms with Gasteiger partial charge in [-0.15, -0.1) is 37.2 Å². The number of nitrogens with one attached hydrogen (secondary N) is 1. The first-order valence-corrected chi connectivity index (χ1v) is 9.47. The molecule has 0 spiro atoms. The molecule has 3 N–H and O–H groups in total. The summed E-state index contributed by atoms with van der Waals surface area (Å²) in [6.45, 7) is 4.97. The molecule has 0 aliphatic carbocycles. The Hall–Kier alpha value is -2.85. The van der Waals surface area contributed by atoms with Crippen LogP contribution in [-0.4, -0.2) is 68.2 Å². The molecule has 1 fully saturated rings. The van der Waals surface area contributed by atoms with Gasteiger partial charge in [-0.3, -0.25) is 4.90 Å². The maximum Gasteiger partial charge on any atom is 0.328 e. The van der Waals surface area contributed by atoms with E-state index in [1.54, 1.807) is 0 Å². The Bertz CT molecular complexity index is 976. The van der Waals surface area contributed by atoms with Crippen LogP contribution in [0.2, 0.25) is 0 Å². The zero-order valence-electron chi connectivity index (χ0n) is 17.5. The molecule has 1 saturated heterocycles. The van der Waals surface area contributed by atoms with Gasteiger partial charge in [-0.1, -0.05) is 18.2 Å². The van der Waals surface area contributed by atoms with Gasteiger partial charge in [0.2, 0.25) is 0 Å². The van der Waals surface area contributed by atoms with E-state index in [1.165, 1.54) is 0 Å². The van der Waals surface area contributed by atoms with Crippen LogP contribution < -0.4 is 4.90 Å². The van der Waals surface area contributed by atoms with Crippen LogP contribution in [0.15, 0.2) is 60.8 Å². The smallest absolute Gasteiger partial charge is 0.328 e. The summed E-state index contributed by atoms with van der Waals surface area (Å²) in [7, 11) is 0. The summed E-state index contributed by atoms with van der Waals surface area (Å²) >= 11 is 0. The van der Waals surface area contributed by atoms with Gasteiger partial charge in [-0.2, -0.15) is 0 Å². The summed E-state index contributed by atoms with van der Waals surface area (Å²) in [5.41, 5.74) is 2.16. The number of rotatable bonds is 5. The number of benzene rings is 1. The minimum atomic E-state index is -1.26. The molecule has 3 aromatic rings. The third-order valence-corrected chi connectivity index (χ3v) is 4.53. The highest BCUT2D eigenvalue weighted by Crippen LogP contribution is 2.15. The number of H-pyrrole nitrogens is 1. The molecule has 33 heavy (non-hydrogen) atoms. The maximum atomic E-state index is 9.55.